The zero-order chi connectivity index (χ0) is 11.3. The maximum Gasteiger partial charge on any atom is 0.188 e. The van der Waals surface area contributed by atoms with Crippen molar-refractivity contribution in [1.29, 1.82) is 0 Å². The van der Waals surface area contributed by atoms with E-state index in [2.05, 4.69) is 29.1 Å². The molecule has 4 nitrogen and oxygen atoms in total. The molecule has 0 spiro atoms. The Labute approximate surface area is 94.6 Å². The molecule has 0 aliphatic heterocycles. The van der Waals surface area contributed by atoms with E-state index in [-0.39, 0.29) is 0 Å². The Kier molecular flexibility index (Phi) is 4.55. The molecule has 0 fully saturated rings. The number of nitrogens with zero attached hydrogens (tertiary/aromatic N) is 2. The highest BCUT2D eigenvalue weighted by Crippen LogP contribution is 2.16. The van der Waals surface area contributed by atoms with E-state index in [1.165, 1.54) is 4.88 Å². The molecular weight excluding hydrogens is 208 g/mol. The SMILES string of the molecule is CCCNC(N)=NCc1nc(C)sc1C. The standard InChI is InChI=1S/C10H18N4S/c1-4-5-12-10(11)13-6-9-7(2)15-8(3)14-9/h4-6H2,1-3H3,(H3,11,12,13). The Hall–Kier alpha value is -1.10. The van der Waals surface area contributed by atoms with E-state index in [1.807, 2.05) is 6.92 Å². The Balaban J connectivity index is 2.51. The molecule has 0 bridgehead atoms. The number of aromatic nitrogens is 1. The lowest BCUT2D eigenvalue weighted by Gasteiger charge is -2.02. The molecule has 1 aromatic heterocycles. The van der Waals surface area contributed by atoms with Crippen molar-refractivity contribution in [3.05, 3.63) is 15.6 Å². The van der Waals surface area contributed by atoms with E-state index in [1.54, 1.807) is 11.3 Å². The van der Waals surface area contributed by atoms with Crippen LogP contribution in [0, 0.1) is 13.8 Å². The zero-order valence-electron chi connectivity index (χ0n) is 9.50. The predicted octanol–water partition coefficient (Wildman–Crippen LogP) is 1.57. The monoisotopic (exact) mass is 226 g/mol. The molecule has 15 heavy (non-hydrogen) atoms. The van der Waals surface area contributed by atoms with Crippen LogP contribution in [-0.4, -0.2) is 17.5 Å². The summed E-state index contributed by atoms with van der Waals surface area (Å²) in [7, 11) is 0. The number of nitrogens with two attached hydrogens (primary N) is 1. The minimum Gasteiger partial charge on any atom is -0.370 e. The Bertz CT molecular complexity index is 343. The average molecular weight is 226 g/mol. The number of hydrogen-bond acceptors (Lipinski definition) is 3. The second-order valence-electron chi connectivity index (χ2n) is 3.36. The highest BCUT2D eigenvalue weighted by molar-refractivity contribution is 7.11. The van der Waals surface area contributed by atoms with Gasteiger partial charge < -0.3 is 11.1 Å². The van der Waals surface area contributed by atoms with Gasteiger partial charge in [0.25, 0.3) is 0 Å². The van der Waals surface area contributed by atoms with Gasteiger partial charge in [-0.3, -0.25) is 0 Å². The molecule has 0 unspecified atom stereocenters. The van der Waals surface area contributed by atoms with Gasteiger partial charge in [0.1, 0.15) is 0 Å². The zero-order valence-corrected chi connectivity index (χ0v) is 10.3. The van der Waals surface area contributed by atoms with Crippen molar-refractivity contribution in [2.75, 3.05) is 6.54 Å². The van der Waals surface area contributed by atoms with Crippen LogP contribution in [0.5, 0.6) is 0 Å². The third kappa shape index (κ3) is 3.87. The molecule has 1 aromatic rings. The third-order valence-electron chi connectivity index (χ3n) is 1.95. The van der Waals surface area contributed by atoms with Crippen LogP contribution in [0.25, 0.3) is 0 Å². The minimum absolute atomic E-state index is 0.502. The average Bonchev–Trinajstić information content (AvgIpc) is 2.51. The van der Waals surface area contributed by atoms with Gasteiger partial charge in [0.15, 0.2) is 5.96 Å². The highest BCUT2D eigenvalue weighted by Gasteiger charge is 2.03. The predicted molar refractivity (Wildman–Crippen MR) is 65.2 cm³/mol. The fourth-order valence-corrected chi connectivity index (χ4v) is 2.01. The number of hydrogen-bond donors (Lipinski definition) is 2. The van der Waals surface area contributed by atoms with Gasteiger partial charge in [-0.1, -0.05) is 6.92 Å². The van der Waals surface area contributed by atoms with Gasteiger partial charge >= 0.3 is 0 Å². The fraction of sp³-hybridized carbons (Fsp3) is 0.600. The number of nitrogens with one attached hydrogen (secondary N) is 1. The van der Waals surface area contributed by atoms with Gasteiger partial charge in [-0.15, -0.1) is 11.3 Å². The van der Waals surface area contributed by atoms with E-state index in [0.29, 0.717) is 12.5 Å². The molecule has 1 rings (SSSR count). The lowest BCUT2D eigenvalue weighted by atomic mass is 10.4. The first-order chi connectivity index (χ1) is 7.13. The van der Waals surface area contributed by atoms with Gasteiger partial charge in [0, 0.05) is 11.4 Å². The van der Waals surface area contributed by atoms with Crippen LogP contribution >= 0.6 is 11.3 Å². The van der Waals surface area contributed by atoms with Crippen LogP contribution < -0.4 is 11.1 Å². The van der Waals surface area contributed by atoms with E-state index in [9.17, 15) is 0 Å². The van der Waals surface area contributed by atoms with Crippen molar-refractivity contribution in [1.82, 2.24) is 10.3 Å². The molecule has 0 amide bonds. The van der Waals surface area contributed by atoms with Gasteiger partial charge in [-0.2, -0.15) is 0 Å². The molecule has 0 aromatic carbocycles. The number of guanidine groups is 1. The fourth-order valence-electron chi connectivity index (χ4n) is 1.19. The molecule has 0 aliphatic carbocycles. The summed E-state index contributed by atoms with van der Waals surface area (Å²) >= 11 is 1.70. The van der Waals surface area contributed by atoms with Crippen LogP contribution in [0.3, 0.4) is 0 Å². The van der Waals surface area contributed by atoms with Crippen molar-refractivity contribution in [2.45, 2.75) is 33.7 Å². The molecular formula is C10H18N4S. The number of aliphatic imine (C=N–C) groups is 1. The summed E-state index contributed by atoms with van der Waals surface area (Å²) in [5, 5.41) is 4.11. The van der Waals surface area contributed by atoms with Crippen molar-refractivity contribution in [3.8, 4) is 0 Å². The molecule has 0 atom stereocenters. The van der Waals surface area contributed by atoms with E-state index in [0.717, 1.165) is 23.7 Å². The maximum atomic E-state index is 5.68. The third-order valence-corrected chi connectivity index (χ3v) is 2.88. The maximum absolute atomic E-state index is 5.68. The van der Waals surface area contributed by atoms with Gasteiger partial charge in [0.2, 0.25) is 0 Å². The second kappa shape index (κ2) is 5.70. The van der Waals surface area contributed by atoms with Crippen LogP contribution in [0.2, 0.25) is 0 Å². The summed E-state index contributed by atoms with van der Waals surface area (Å²) in [4.78, 5) is 9.85. The number of aryl methyl sites for hydroxylation is 2. The first kappa shape index (κ1) is 12.0. The van der Waals surface area contributed by atoms with Crippen LogP contribution in [0.15, 0.2) is 4.99 Å². The van der Waals surface area contributed by atoms with E-state index < -0.39 is 0 Å². The summed E-state index contributed by atoms with van der Waals surface area (Å²) in [6, 6.07) is 0. The van der Waals surface area contributed by atoms with E-state index in [4.69, 9.17) is 5.73 Å². The van der Waals surface area contributed by atoms with E-state index >= 15 is 0 Å². The van der Waals surface area contributed by atoms with Crippen molar-refractivity contribution in [2.24, 2.45) is 10.7 Å². The Morgan fingerprint density at radius 2 is 2.27 bits per heavy atom. The summed E-state index contributed by atoms with van der Waals surface area (Å²) < 4.78 is 0. The molecule has 0 aliphatic rings. The normalized spacial score (nSPS) is 11.8. The van der Waals surface area contributed by atoms with Gasteiger partial charge in [0.05, 0.1) is 17.2 Å². The summed E-state index contributed by atoms with van der Waals surface area (Å²) in [6.07, 6.45) is 1.05. The molecule has 0 saturated heterocycles. The molecule has 0 radical (unpaired) electrons. The largest absolute Gasteiger partial charge is 0.370 e. The topological polar surface area (TPSA) is 63.3 Å². The van der Waals surface area contributed by atoms with Crippen molar-refractivity contribution < 1.29 is 0 Å². The molecule has 84 valence electrons. The van der Waals surface area contributed by atoms with Crippen molar-refractivity contribution >= 4 is 17.3 Å². The molecule has 1 heterocycles. The van der Waals surface area contributed by atoms with Crippen LogP contribution in [0.4, 0.5) is 0 Å². The minimum atomic E-state index is 0.502. The second-order valence-corrected chi connectivity index (χ2v) is 4.77. The molecule has 3 N–H and O–H groups in total. The molecule has 0 saturated carbocycles. The number of rotatable bonds is 4. The quantitative estimate of drug-likeness (QED) is 0.605. The van der Waals surface area contributed by atoms with Crippen molar-refractivity contribution in [3.63, 3.8) is 0 Å². The highest BCUT2D eigenvalue weighted by atomic mass is 32.1. The first-order valence-electron chi connectivity index (χ1n) is 5.10. The van der Waals surface area contributed by atoms with Crippen LogP contribution in [0.1, 0.15) is 28.9 Å². The Morgan fingerprint density at radius 1 is 1.53 bits per heavy atom. The summed E-state index contributed by atoms with van der Waals surface area (Å²) in [5.74, 6) is 0.502. The summed E-state index contributed by atoms with van der Waals surface area (Å²) in [5.41, 5.74) is 6.71. The number of thiazole rings is 1. The smallest absolute Gasteiger partial charge is 0.188 e. The summed E-state index contributed by atoms with van der Waals surface area (Å²) in [6.45, 7) is 7.59. The molecule has 5 heteroatoms. The lowest BCUT2D eigenvalue weighted by molar-refractivity contribution is 0.823. The van der Waals surface area contributed by atoms with Gasteiger partial charge in [-0.25, -0.2) is 9.98 Å². The lowest BCUT2D eigenvalue weighted by Crippen LogP contribution is -2.32. The first-order valence-corrected chi connectivity index (χ1v) is 5.91. The van der Waals surface area contributed by atoms with Gasteiger partial charge in [-0.05, 0) is 20.3 Å². The van der Waals surface area contributed by atoms with Crippen LogP contribution in [-0.2, 0) is 6.54 Å². The Morgan fingerprint density at radius 3 is 2.80 bits per heavy atom.